The third-order valence-corrected chi connectivity index (χ3v) is 4.61. The van der Waals surface area contributed by atoms with Crippen LogP contribution in [0.3, 0.4) is 0 Å². The van der Waals surface area contributed by atoms with Crippen LogP contribution in [-0.4, -0.2) is 49.8 Å². The molecule has 0 saturated carbocycles. The largest absolute Gasteiger partial charge is 0.481 e. The van der Waals surface area contributed by atoms with Gasteiger partial charge in [-0.15, -0.1) is 0 Å². The lowest BCUT2D eigenvalue weighted by Crippen LogP contribution is -2.43. The molecule has 2 heterocycles. The molecule has 0 amide bonds. The smallest absolute Gasteiger partial charge is 0.304 e. The Kier molecular flexibility index (Phi) is 4.87. The highest BCUT2D eigenvalue weighted by Crippen LogP contribution is 2.21. The monoisotopic (exact) mass is 283 g/mol. The van der Waals surface area contributed by atoms with Crippen LogP contribution in [0.4, 0.5) is 0 Å². The standard InChI is InChI=1S/C13H21N3O2S/c1-3-10-6-11(15(2)14-10)8-16-4-5-19-9-12(16)7-13(17)18/h6,12H,3-5,7-9H2,1-2H3,(H,17,18). The number of rotatable bonds is 5. The molecule has 1 unspecified atom stereocenters. The number of hydrogen-bond donors (Lipinski definition) is 1. The maximum Gasteiger partial charge on any atom is 0.304 e. The van der Waals surface area contributed by atoms with E-state index in [1.54, 1.807) is 0 Å². The minimum Gasteiger partial charge on any atom is -0.481 e. The van der Waals surface area contributed by atoms with Gasteiger partial charge in [0, 0.05) is 37.7 Å². The van der Waals surface area contributed by atoms with E-state index in [2.05, 4.69) is 23.0 Å². The summed E-state index contributed by atoms with van der Waals surface area (Å²) in [5.41, 5.74) is 2.26. The van der Waals surface area contributed by atoms with Crippen molar-refractivity contribution in [1.29, 1.82) is 0 Å². The number of carboxylic acids is 1. The zero-order valence-electron chi connectivity index (χ0n) is 11.5. The zero-order valence-corrected chi connectivity index (χ0v) is 12.3. The molecule has 0 radical (unpaired) electrons. The van der Waals surface area contributed by atoms with Crippen LogP contribution >= 0.6 is 11.8 Å². The molecule has 19 heavy (non-hydrogen) atoms. The Bertz CT molecular complexity index is 447. The molecule has 1 N–H and O–H groups in total. The summed E-state index contributed by atoms with van der Waals surface area (Å²) in [6.45, 7) is 3.84. The van der Waals surface area contributed by atoms with Gasteiger partial charge in [-0.2, -0.15) is 16.9 Å². The SMILES string of the molecule is CCc1cc(CN2CCSCC2CC(=O)O)n(C)n1. The second-order valence-electron chi connectivity index (χ2n) is 4.90. The fourth-order valence-corrected chi connectivity index (χ4v) is 3.52. The van der Waals surface area contributed by atoms with E-state index in [-0.39, 0.29) is 12.5 Å². The lowest BCUT2D eigenvalue weighted by Gasteiger charge is -2.34. The number of thioether (sulfide) groups is 1. The number of nitrogens with zero attached hydrogens (tertiary/aromatic N) is 3. The molecule has 1 saturated heterocycles. The van der Waals surface area contributed by atoms with Crippen molar-refractivity contribution in [2.24, 2.45) is 7.05 Å². The molecular formula is C13H21N3O2S. The highest BCUT2D eigenvalue weighted by Gasteiger charge is 2.25. The molecule has 0 spiro atoms. The summed E-state index contributed by atoms with van der Waals surface area (Å²) in [5, 5.41) is 13.4. The van der Waals surface area contributed by atoms with Gasteiger partial charge in [-0.3, -0.25) is 14.4 Å². The number of aliphatic carboxylic acids is 1. The Morgan fingerprint density at radius 1 is 1.63 bits per heavy atom. The maximum atomic E-state index is 10.9. The van der Waals surface area contributed by atoms with E-state index in [4.69, 9.17) is 5.11 Å². The van der Waals surface area contributed by atoms with Crippen LogP contribution in [0.2, 0.25) is 0 Å². The first kappa shape index (κ1) is 14.4. The van der Waals surface area contributed by atoms with E-state index in [0.29, 0.717) is 0 Å². The number of carboxylic acid groups (broad SMARTS) is 1. The molecule has 0 bridgehead atoms. The van der Waals surface area contributed by atoms with E-state index in [0.717, 1.165) is 36.7 Å². The van der Waals surface area contributed by atoms with Crippen molar-refractivity contribution >= 4 is 17.7 Å². The van der Waals surface area contributed by atoms with Gasteiger partial charge in [-0.25, -0.2) is 0 Å². The van der Waals surface area contributed by atoms with Crippen LogP contribution in [0.1, 0.15) is 24.7 Å². The second-order valence-corrected chi connectivity index (χ2v) is 6.05. The van der Waals surface area contributed by atoms with Crippen LogP contribution < -0.4 is 0 Å². The highest BCUT2D eigenvalue weighted by molar-refractivity contribution is 7.99. The van der Waals surface area contributed by atoms with Gasteiger partial charge in [0.2, 0.25) is 0 Å². The fraction of sp³-hybridized carbons (Fsp3) is 0.692. The van der Waals surface area contributed by atoms with E-state index in [1.807, 2.05) is 23.5 Å². The predicted molar refractivity (Wildman–Crippen MR) is 76.4 cm³/mol. The number of carbonyl (C=O) groups is 1. The normalized spacial score (nSPS) is 20.6. The fourth-order valence-electron chi connectivity index (χ4n) is 2.39. The van der Waals surface area contributed by atoms with Gasteiger partial charge in [0.05, 0.1) is 17.8 Å². The summed E-state index contributed by atoms with van der Waals surface area (Å²) in [7, 11) is 1.96. The summed E-state index contributed by atoms with van der Waals surface area (Å²) in [6.07, 6.45) is 1.16. The first-order valence-electron chi connectivity index (χ1n) is 6.65. The molecule has 1 atom stereocenters. The highest BCUT2D eigenvalue weighted by atomic mass is 32.2. The molecule has 0 aromatic carbocycles. The molecule has 106 valence electrons. The van der Waals surface area contributed by atoms with Crippen molar-refractivity contribution in [3.05, 3.63) is 17.5 Å². The first-order chi connectivity index (χ1) is 9.10. The quantitative estimate of drug-likeness (QED) is 0.884. The van der Waals surface area contributed by atoms with Crippen molar-refractivity contribution in [1.82, 2.24) is 14.7 Å². The lowest BCUT2D eigenvalue weighted by atomic mass is 10.2. The first-order valence-corrected chi connectivity index (χ1v) is 7.81. The third-order valence-electron chi connectivity index (χ3n) is 3.51. The summed E-state index contributed by atoms with van der Waals surface area (Å²) in [6, 6.07) is 2.26. The van der Waals surface area contributed by atoms with Crippen LogP contribution in [0, 0.1) is 0 Å². The molecule has 5 nitrogen and oxygen atoms in total. The van der Waals surface area contributed by atoms with Crippen molar-refractivity contribution in [3.8, 4) is 0 Å². The summed E-state index contributed by atoms with van der Waals surface area (Å²) >= 11 is 1.85. The van der Waals surface area contributed by atoms with Gasteiger partial charge >= 0.3 is 5.97 Å². The number of aryl methyl sites for hydroxylation is 2. The molecule has 1 aliphatic rings. The van der Waals surface area contributed by atoms with Crippen molar-refractivity contribution in [2.75, 3.05) is 18.1 Å². The Labute approximate surface area is 118 Å². The molecular weight excluding hydrogens is 262 g/mol. The topological polar surface area (TPSA) is 58.4 Å². The van der Waals surface area contributed by atoms with E-state index >= 15 is 0 Å². The van der Waals surface area contributed by atoms with Crippen molar-refractivity contribution in [2.45, 2.75) is 32.4 Å². The minimum atomic E-state index is -0.711. The lowest BCUT2D eigenvalue weighted by molar-refractivity contribution is -0.138. The van der Waals surface area contributed by atoms with Gasteiger partial charge < -0.3 is 5.11 Å². The maximum absolute atomic E-state index is 10.9. The average Bonchev–Trinajstić information content (AvgIpc) is 2.72. The molecule has 6 heteroatoms. The van der Waals surface area contributed by atoms with Gasteiger partial charge in [0.15, 0.2) is 0 Å². The molecule has 0 aliphatic carbocycles. The Morgan fingerprint density at radius 3 is 3.05 bits per heavy atom. The van der Waals surface area contributed by atoms with Crippen LogP contribution in [0.15, 0.2) is 6.07 Å². The Balaban J connectivity index is 2.05. The Morgan fingerprint density at radius 2 is 2.42 bits per heavy atom. The van der Waals surface area contributed by atoms with Gasteiger partial charge in [0.1, 0.15) is 0 Å². The predicted octanol–water partition coefficient (Wildman–Crippen LogP) is 1.37. The van der Waals surface area contributed by atoms with Gasteiger partial charge in [-0.1, -0.05) is 6.92 Å². The molecule has 1 fully saturated rings. The summed E-state index contributed by atoms with van der Waals surface area (Å²) < 4.78 is 1.92. The minimum absolute atomic E-state index is 0.135. The summed E-state index contributed by atoms with van der Waals surface area (Å²) in [5.74, 6) is 1.27. The van der Waals surface area contributed by atoms with Crippen LogP contribution in [-0.2, 0) is 24.8 Å². The Hall–Kier alpha value is -1.01. The third kappa shape index (κ3) is 3.73. The summed E-state index contributed by atoms with van der Waals surface area (Å²) in [4.78, 5) is 13.2. The van der Waals surface area contributed by atoms with Crippen molar-refractivity contribution in [3.63, 3.8) is 0 Å². The molecule has 1 aromatic rings. The zero-order chi connectivity index (χ0) is 13.8. The molecule has 2 rings (SSSR count). The van der Waals surface area contributed by atoms with Gasteiger partial charge in [0.25, 0.3) is 0 Å². The van der Waals surface area contributed by atoms with Crippen LogP contribution in [0.5, 0.6) is 0 Å². The van der Waals surface area contributed by atoms with Gasteiger partial charge in [-0.05, 0) is 12.5 Å². The second kappa shape index (κ2) is 6.43. The van der Waals surface area contributed by atoms with E-state index < -0.39 is 5.97 Å². The average molecular weight is 283 g/mol. The number of hydrogen-bond acceptors (Lipinski definition) is 4. The molecule has 1 aliphatic heterocycles. The van der Waals surface area contributed by atoms with Crippen LogP contribution in [0.25, 0.3) is 0 Å². The number of aromatic nitrogens is 2. The van der Waals surface area contributed by atoms with Crippen molar-refractivity contribution < 1.29 is 9.90 Å². The van der Waals surface area contributed by atoms with E-state index in [9.17, 15) is 4.79 Å². The molecule has 1 aromatic heterocycles. The van der Waals surface area contributed by atoms with E-state index in [1.165, 1.54) is 5.69 Å².